The van der Waals surface area contributed by atoms with Gasteiger partial charge >= 0.3 is 5.97 Å². The van der Waals surface area contributed by atoms with Crippen LogP contribution in [0.25, 0.3) is 17.2 Å². The van der Waals surface area contributed by atoms with E-state index >= 15 is 0 Å². The molecule has 2 aromatic carbocycles. The number of hydrogen-bond acceptors (Lipinski definition) is 3. The predicted octanol–water partition coefficient (Wildman–Crippen LogP) is 5.92. The molecule has 0 saturated heterocycles. The first-order chi connectivity index (χ1) is 15.5. The zero-order valence-corrected chi connectivity index (χ0v) is 18.6. The van der Waals surface area contributed by atoms with Gasteiger partial charge in [0, 0.05) is 18.6 Å². The van der Waals surface area contributed by atoms with E-state index in [1.54, 1.807) is 18.2 Å². The van der Waals surface area contributed by atoms with E-state index in [-0.39, 0.29) is 17.6 Å². The van der Waals surface area contributed by atoms with Gasteiger partial charge in [0.2, 0.25) is 0 Å². The van der Waals surface area contributed by atoms with Crippen molar-refractivity contribution in [2.45, 2.75) is 50.4 Å². The number of aliphatic hydroxyl groups excluding tert-OH is 1. The summed E-state index contributed by atoms with van der Waals surface area (Å²) in [6.07, 6.45) is 10.1. The molecule has 0 aromatic heterocycles. The van der Waals surface area contributed by atoms with E-state index in [1.165, 1.54) is 44.1 Å². The van der Waals surface area contributed by atoms with Crippen LogP contribution in [0.1, 0.15) is 66.4 Å². The number of aliphatic hydroxyl groups is 1. The Balaban J connectivity index is 1.58. The Morgan fingerprint density at radius 1 is 1.09 bits per heavy atom. The van der Waals surface area contributed by atoms with Crippen molar-refractivity contribution in [1.29, 1.82) is 0 Å². The molecule has 4 aliphatic rings. The van der Waals surface area contributed by atoms with Gasteiger partial charge in [0.15, 0.2) is 0 Å². The van der Waals surface area contributed by atoms with Crippen LogP contribution in [0, 0.1) is 17.8 Å². The van der Waals surface area contributed by atoms with Gasteiger partial charge in [-0.15, -0.1) is 0 Å². The SMILES string of the molecule is C=Cc1c(C(=O)O)cccc1-c1ccc(C23CC4CC(CC(C4)C2)C3)c(OCCCO)c1. The number of benzene rings is 2. The molecule has 0 atom stereocenters. The topological polar surface area (TPSA) is 66.8 Å². The van der Waals surface area contributed by atoms with Crippen molar-refractivity contribution in [3.63, 3.8) is 0 Å². The average molecular weight is 433 g/mol. The van der Waals surface area contributed by atoms with Crippen molar-refractivity contribution in [2.24, 2.45) is 17.8 Å². The van der Waals surface area contributed by atoms with E-state index in [4.69, 9.17) is 4.74 Å². The Morgan fingerprint density at radius 2 is 1.78 bits per heavy atom. The number of rotatable bonds is 8. The summed E-state index contributed by atoms with van der Waals surface area (Å²) in [6.45, 7) is 4.45. The van der Waals surface area contributed by atoms with Crippen molar-refractivity contribution in [3.05, 3.63) is 59.7 Å². The lowest BCUT2D eigenvalue weighted by atomic mass is 9.48. The van der Waals surface area contributed by atoms with Gasteiger partial charge in [0.1, 0.15) is 5.75 Å². The molecule has 168 valence electrons. The molecule has 0 heterocycles. The molecule has 32 heavy (non-hydrogen) atoms. The number of ether oxygens (including phenoxy) is 1. The maximum Gasteiger partial charge on any atom is 0.336 e. The number of carboxylic acids is 1. The molecule has 0 spiro atoms. The van der Waals surface area contributed by atoms with Crippen LogP contribution >= 0.6 is 0 Å². The Morgan fingerprint density at radius 3 is 2.38 bits per heavy atom. The van der Waals surface area contributed by atoms with Gasteiger partial charge in [0.25, 0.3) is 0 Å². The predicted molar refractivity (Wildman–Crippen MR) is 126 cm³/mol. The molecular weight excluding hydrogens is 400 g/mol. The molecule has 4 heteroatoms. The molecule has 4 fully saturated rings. The van der Waals surface area contributed by atoms with E-state index in [2.05, 4.69) is 24.8 Å². The molecule has 4 saturated carbocycles. The third-order valence-corrected chi connectivity index (χ3v) is 8.00. The largest absolute Gasteiger partial charge is 0.493 e. The zero-order chi connectivity index (χ0) is 22.3. The minimum Gasteiger partial charge on any atom is -0.493 e. The standard InChI is InChI=1S/C28H32O4/c1-2-22-23(5-3-6-24(22)27(30)31)21-7-8-25(26(14-21)32-10-4-9-29)28-15-18-11-19(16-28)13-20(12-18)17-28/h2-3,5-8,14,18-20,29H,1,4,9-13,15-17H2,(H,30,31). The molecule has 6 rings (SSSR count). The first-order valence-corrected chi connectivity index (χ1v) is 11.9. The molecule has 4 bridgehead atoms. The van der Waals surface area contributed by atoms with E-state index in [0.29, 0.717) is 18.6 Å². The Bertz CT molecular complexity index is 1000. The van der Waals surface area contributed by atoms with Crippen LogP contribution in [0.2, 0.25) is 0 Å². The van der Waals surface area contributed by atoms with Crippen molar-refractivity contribution in [3.8, 4) is 16.9 Å². The monoisotopic (exact) mass is 432 g/mol. The highest BCUT2D eigenvalue weighted by atomic mass is 16.5. The summed E-state index contributed by atoms with van der Waals surface area (Å²) in [5.74, 6) is 2.46. The molecule has 0 amide bonds. The first kappa shape index (κ1) is 21.3. The van der Waals surface area contributed by atoms with Crippen molar-refractivity contribution >= 4 is 12.0 Å². The summed E-state index contributed by atoms with van der Waals surface area (Å²) in [7, 11) is 0. The van der Waals surface area contributed by atoms with Crippen LogP contribution < -0.4 is 4.74 Å². The highest BCUT2D eigenvalue weighted by molar-refractivity contribution is 5.96. The van der Waals surface area contributed by atoms with Gasteiger partial charge in [-0.3, -0.25) is 0 Å². The second-order valence-corrected chi connectivity index (χ2v) is 10.1. The Labute approximate surface area is 189 Å². The number of carboxylic acid groups (broad SMARTS) is 1. The van der Waals surface area contributed by atoms with Gasteiger partial charge in [-0.05, 0) is 90.5 Å². The molecule has 0 unspecified atom stereocenters. The number of carbonyl (C=O) groups is 1. The fraction of sp³-hybridized carbons (Fsp3) is 0.464. The van der Waals surface area contributed by atoms with Crippen LogP contribution in [0.5, 0.6) is 5.75 Å². The van der Waals surface area contributed by atoms with Gasteiger partial charge in [-0.1, -0.05) is 36.9 Å². The van der Waals surface area contributed by atoms with Crippen LogP contribution in [0.3, 0.4) is 0 Å². The third kappa shape index (κ3) is 3.65. The number of hydrogen-bond donors (Lipinski definition) is 2. The molecule has 0 aliphatic heterocycles. The molecule has 4 aliphatic carbocycles. The van der Waals surface area contributed by atoms with Gasteiger partial charge in [-0.25, -0.2) is 4.79 Å². The van der Waals surface area contributed by atoms with E-state index in [0.717, 1.165) is 34.6 Å². The van der Waals surface area contributed by atoms with Crippen LogP contribution in [0.15, 0.2) is 43.0 Å². The fourth-order valence-electron chi connectivity index (χ4n) is 7.16. The van der Waals surface area contributed by atoms with Crippen molar-refractivity contribution in [1.82, 2.24) is 0 Å². The molecular formula is C28H32O4. The zero-order valence-electron chi connectivity index (χ0n) is 18.6. The molecule has 4 nitrogen and oxygen atoms in total. The quantitative estimate of drug-likeness (QED) is 0.508. The lowest BCUT2D eigenvalue weighted by Gasteiger charge is -2.57. The Hall–Kier alpha value is -2.59. The second kappa shape index (κ2) is 8.40. The average Bonchev–Trinajstić information content (AvgIpc) is 2.77. The third-order valence-electron chi connectivity index (χ3n) is 8.00. The molecule has 2 aromatic rings. The van der Waals surface area contributed by atoms with Gasteiger partial charge in [0.05, 0.1) is 12.2 Å². The maximum atomic E-state index is 11.7. The van der Waals surface area contributed by atoms with E-state index < -0.39 is 5.97 Å². The summed E-state index contributed by atoms with van der Waals surface area (Å²) in [5, 5.41) is 18.9. The lowest BCUT2D eigenvalue weighted by Crippen LogP contribution is -2.48. The second-order valence-electron chi connectivity index (χ2n) is 10.1. The Kier molecular flexibility index (Phi) is 5.58. The summed E-state index contributed by atoms with van der Waals surface area (Å²) >= 11 is 0. The van der Waals surface area contributed by atoms with E-state index in [1.807, 2.05) is 6.07 Å². The van der Waals surface area contributed by atoms with Crippen molar-refractivity contribution in [2.75, 3.05) is 13.2 Å². The van der Waals surface area contributed by atoms with Crippen molar-refractivity contribution < 1.29 is 19.7 Å². The van der Waals surface area contributed by atoms with E-state index in [9.17, 15) is 15.0 Å². The van der Waals surface area contributed by atoms with Gasteiger partial charge in [-0.2, -0.15) is 0 Å². The highest BCUT2D eigenvalue weighted by Crippen LogP contribution is 2.62. The van der Waals surface area contributed by atoms with Gasteiger partial charge < -0.3 is 14.9 Å². The highest BCUT2D eigenvalue weighted by Gasteiger charge is 2.52. The smallest absolute Gasteiger partial charge is 0.336 e. The van der Waals surface area contributed by atoms with Crippen LogP contribution in [-0.4, -0.2) is 29.4 Å². The summed E-state index contributed by atoms with van der Waals surface area (Å²) in [6, 6.07) is 11.8. The minimum absolute atomic E-state index is 0.105. The molecule has 0 radical (unpaired) electrons. The van der Waals surface area contributed by atoms with Crippen LogP contribution in [-0.2, 0) is 5.41 Å². The summed E-state index contributed by atoms with van der Waals surface area (Å²) in [4.78, 5) is 11.7. The normalized spacial score (nSPS) is 28.0. The number of aromatic carboxylic acids is 1. The lowest BCUT2D eigenvalue weighted by molar-refractivity contribution is -0.00641. The van der Waals surface area contributed by atoms with Crippen LogP contribution in [0.4, 0.5) is 0 Å². The summed E-state index contributed by atoms with van der Waals surface area (Å²) in [5.41, 5.74) is 4.19. The maximum absolute atomic E-state index is 11.7. The first-order valence-electron chi connectivity index (χ1n) is 11.9. The molecule has 2 N–H and O–H groups in total. The fourth-order valence-corrected chi connectivity index (χ4v) is 7.16. The minimum atomic E-state index is -0.952. The summed E-state index contributed by atoms with van der Waals surface area (Å²) < 4.78 is 6.28.